The van der Waals surface area contributed by atoms with Crippen LogP contribution in [0.2, 0.25) is 0 Å². The van der Waals surface area contributed by atoms with Gasteiger partial charge in [-0.25, -0.2) is 0 Å². The van der Waals surface area contributed by atoms with Crippen LogP contribution in [0.4, 0.5) is 0 Å². The Morgan fingerprint density at radius 1 is 0.409 bits per heavy atom. The third kappa shape index (κ3) is 4.01. The maximum absolute atomic E-state index is 6.13. The highest BCUT2D eigenvalue weighted by molar-refractivity contribution is 6.11. The summed E-state index contributed by atoms with van der Waals surface area (Å²) in [6, 6.07) is 35.9. The SMILES string of the molecule is COc1ccc2c(c1-c1ccc(C)cc1)-c1c3c(c4ccccc4c1CC2)CCc1ccc(OC)c(-c2ccc(C)cc2)c1-3. The van der Waals surface area contributed by atoms with Crippen LogP contribution in [0.1, 0.15) is 33.4 Å². The molecule has 44 heavy (non-hydrogen) atoms. The van der Waals surface area contributed by atoms with E-state index in [0.29, 0.717) is 0 Å². The van der Waals surface area contributed by atoms with Crippen LogP contribution in [0.5, 0.6) is 11.5 Å². The van der Waals surface area contributed by atoms with E-state index < -0.39 is 0 Å². The molecular weight excluding hydrogens is 536 g/mol. The zero-order valence-corrected chi connectivity index (χ0v) is 25.9. The van der Waals surface area contributed by atoms with Crippen molar-refractivity contribution in [1.29, 1.82) is 0 Å². The van der Waals surface area contributed by atoms with Crippen molar-refractivity contribution in [1.82, 2.24) is 0 Å². The van der Waals surface area contributed by atoms with Gasteiger partial charge in [-0.1, -0.05) is 96.1 Å². The highest BCUT2D eigenvalue weighted by Crippen LogP contribution is 2.56. The number of fused-ring (bicyclic) bond motifs is 10. The van der Waals surface area contributed by atoms with Gasteiger partial charge in [0.15, 0.2) is 0 Å². The third-order valence-electron chi connectivity index (χ3n) is 9.85. The average Bonchev–Trinajstić information content (AvgIpc) is 3.07. The first kappa shape index (κ1) is 26.8. The Labute approximate surface area is 259 Å². The van der Waals surface area contributed by atoms with Gasteiger partial charge in [0.25, 0.3) is 0 Å². The van der Waals surface area contributed by atoms with E-state index in [0.717, 1.165) is 37.2 Å². The molecule has 2 nitrogen and oxygen atoms in total. The number of methoxy groups -OCH3 is 2. The van der Waals surface area contributed by atoms with Crippen molar-refractivity contribution in [3.05, 3.63) is 130 Å². The number of hydrogen-bond donors (Lipinski definition) is 0. The molecule has 0 bridgehead atoms. The summed E-state index contributed by atoms with van der Waals surface area (Å²) in [7, 11) is 3.60. The van der Waals surface area contributed by atoms with E-state index in [-0.39, 0.29) is 0 Å². The molecule has 216 valence electrons. The molecule has 0 heterocycles. The fourth-order valence-corrected chi connectivity index (χ4v) is 7.77. The minimum atomic E-state index is 0.919. The number of hydrogen-bond acceptors (Lipinski definition) is 2. The Balaban J connectivity index is 1.57. The maximum Gasteiger partial charge on any atom is 0.127 e. The molecule has 0 fully saturated rings. The van der Waals surface area contributed by atoms with E-state index in [2.05, 4.69) is 111 Å². The Kier molecular flexibility index (Phi) is 6.34. The fraction of sp³-hybridized carbons (Fsp3) is 0.190. The van der Waals surface area contributed by atoms with E-state index in [4.69, 9.17) is 9.47 Å². The molecule has 2 heteroatoms. The average molecular weight is 573 g/mol. The lowest BCUT2D eigenvalue weighted by Gasteiger charge is -2.34. The lowest BCUT2D eigenvalue weighted by atomic mass is 9.70. The second-order valence-corrected chi connectivity index (χ2v) is 12.3. The number of benzene rings is 6. The molecule has 2 aliphatic carbocycles. The van der Waals surface area contributed by atoms with Gasteiger partial charge >= 0.3 is 0 Å². The molecule has 0 atom stereocenters. The van der Waals surface area contributed by atoms with E-state index in [1.165, 1.54) is 88.7 Å². The maximum atomic E-state index is 6.13. The normalized spacial score (nSPS) is 13.1. The molecule has 0 unspecified atom stereocenters. The van der Waals surface area contributed by atoms with E-state index in [1.54, 1.807) is 14.2 Å². The first-order chi connectivity index (χ1) is 21.6. The van der Waals surface area contributed by atoms with E-state index in [9.17, 15) is 0 Å². The summed E-state index contributed by atoms with van der Waals surface area (Å²) in [6.45, 7) is 4.30. The largest absolute Gasteiger partial charge is 0.496 e. The number of aryl methyl sites for hydroxylation is 6. The summed E-state index contributed by atoms with van der Waals surface area (Å²) in [5.74, 6) is 1.84. The lowest BCUT2D eigenvalue weighted by Crippen LogP contribution is -2.14. The van der Waals surface area contributed by atoms with Crippen molar-refractivity contribution in [3.8, 4) is 56.0 Å². The first-order valence-electron chi connectivity index (χ1n) is 15.7. The van der Waals surface area contributed by atoms with Crippen LogP contribution in [0.25, 0.3) is 55.3 Å². The van der Waals surface area contributed by atoms with Crippen LogP contribution in [0, 0.1) is 13.8 Å². The van der Waals surface area contributed by atoms with Gasteiger partial charge in [0, 0.05) is 11.1 Å². The highest BCUT2D eigenvalue weighted by Gasteiger charge is 2.33. The quantitative estimate of drug-likeness (QED) is 0.209. The van der Waals surface area contributed by atoms with Gasteiger partial charge < -0.3 is 9.47 Å². The molecular formula is C42H36O2. The number of ether oxygens (including phenoxy) is 2. The number of rotatable bonds is 4. The predicted molar refractivity (Wildman–Crippen MR) is 183 cm³/mol. The van der Waals surface area contributed by atoms with E-state index >= 15 is 0 Å². The van der Waals surface area contributed by atoms with E-state index in [1.807, 2.05) is 0 Å². The van der Waals surface area contributed by atoms with Gasteiger partial charge in [-0.2, -0.15) is 0 Å². The van der Waals surface area contributed by atoms with Crippen molar-refractivity contribution in [2.75, 3.05) is 14.2 Å². The molecule has 6 aromatic rings. The smallest absolute Gasteiger partial charge is 0.127 e. The molecule has 0 amide bonds. The lowest BCUT2D eigenvalue weighted by molar-refractivity contribution is 0.416. The van der Waals surface area contributed by atoms with Crippen LogP contribution in [0.3, 0.4) is 0 Å². The molecule has 0 saturated carbocycles. The zero-order chi connectivity index (χ0) is 29.9. The second-order valence-electron chi connectivity index (χ2n) is 12.3. The molecule has 6 aromatic carbocycles. The minimum Gasteiger partial charge on any atom is -0.496 e. The van der Waals surface area contributed by atoms with Crippen molar-refractivity contribution >= 4 is 10.8 Å². The second kappa shape index (κ2) is 10.4. The molecule has 0 spiro atoms. The highest BCUT2D eigenvalue weighted by atomic mass is 16.5. The van der Waals surface area contributed by atoms with Gasteiger partial charge in [0.05, 0.1) is 14.2 Å². The molecule has 0 aromatic heterocycles. The van der Waals surface area contributed by atoms with Crippen LogP contribution in [-0.2, 0) is 25.7 Å². The summed E-state index contributed by atoms with van der Waals surface area (Å²) in [6.07, 6.45) is 4.03. The topological polar surface area (TPSA) is 18.5 Å². The molecule has 8 rings (SSSR count). The standard InChI is InChI=1S/C42H36O2/c1-25-9-13-27(14-10-25)37-35(43-3)23-19-29-17-21-33-31-7-5-6-8-32(31)34-22-18-30-20-24-36(44-4)38(28-15-11-26(2)12-16-28)40(30)42(34)41(33)39(29)37/h5-16,19-20,23-24H,17-18,21-22H2,1-4H3. The minimum absolute atomic E-state index is 0.919. The predicted octanol–water partition coefficient (Wildman–Crippen LogP) is 10.3. The molecule has 0 N–H and O–H groups in total. The summed E-state index contributed by atoms with van der Waals surface area (Å²) in [5.41, 5.74) is 18.3. The molecule has 0 saturated heterocycles. The fourth-order valence-electron chi connectivity index (χ4n) is 7.77. The van der Waals surface area contributed by atoms with Gasteiger partial charge in [0.1, 0.15) is 11.5 Å². The molecule has 0 radical (unpaired) electrons. The summed E-state index contributed by atoms with van der Waals surface area (Å²) in [4.78, 5) is 0. The van der Waals surface area contributed by atoms with Gasteiger partial charge in [0.2, 0.25) is 0 Å². The first-order valence-corrected chi connectivity index (χ1v) is 15.7. The van der Waals surface area contributed by atoms with Crippen LogP contribution < -0.4 is 9.47 Å². The van der Waals surface area contributed by atoms with Gasteiger partial charge in [-0.05, 0) is 118 Å². The summed E-state index contributed by atoms with van der Waals surface area (Å²) in [5, 5.41) is 2.76. The third-order valence-corrected chi connectivity index (χ3v) is 9.85. The van der Waals surface area contributed by atoms with Crippen molar-refractivity contribution in [2.45, 2.75) is 39.5 Å². The summed E-state index contributed by atoms with van der Waals surface area (Å²) >= 11 is 0. The Morgan fingerprint density at radius 2 is 0.818 bits per heavy atom. The zero-order valence-electron chi connectivity index (χ0n) is 25.9. The Morgan fingerprint density at radius 3 is 1.20 bits per heavy atom. The monoisotopic (exact) mass is 572 g/mol. The summed E-state index contributed by atoms with van der Waals surface area (Å²) < 4.78 is 12.3. The van der Waals surface area contributed by atoms with Crippen molar-refractivity contribution in [3.63, 3.8) is 0 Å². The Hall–Kier alpha value is -4.82. The van der Waals surface area contributed by atoms with Crippen LogP contribution in [0.15, 0.2) is 97.1 Å². The van der Waals surface area contributed by atoms with Crippen molar-refractivity contribution in [2.24, 2.45) is 0 Å². The molecule has 0 aliphatic heterocycles. The van der Waals surface area contributed by atoms with Crippen molar-refractivity contribution < 1.29 is 9.47 Å². The van der Waals surface area contributed by atoms with Gasteiger partial charge in [-0.3, -0.25) is 0 Å². The van der Waals surface area contributed by atoms with Crippen LogP contribution >= 0.6 is 0 Å². The van der Waals surface area contributed by atoms with Gasteiger partial charge in [-0.15, -0.1) is 0 Å². The van der Waals surface area contributed by atoms with Crippen LogP contribution in [-0.4, -0.2) is 14.2 Å². The Bertz CT molecular complexity index is 1930. The molecule has 2 aliphatic rings.